The van der Waals surface area contributed by atoms with Gasteiger partial charge in [0.15, 0.2) is 0 Å². The van der Waals surface area contributed by atoms with Crippen LogP contribution in [0, 0.1) is 0 Å². The van der Waals surface area contributed by atoms with Crippen LogP contribution in [0.3, 0.4) is 0 Å². The minimum Gasteiger partial charge on any atom is -0.495 e. The number of esters is 1. The molecule has 3 nitrogen and oxygen atoms in total. The van der Waals surface area contributed by atoms with Gasteiger partial charge < -0.3 is 9.47 Å². The summed E-state index contributed by atoms with van der Waals surface area (Å²) < 4.78 is 9.80. The zero-order valence-corrected chi connectivity index (χ0v) is 9.85. The van der Waals surface area contributed by atoms with Crippen molar-refractivity contribution in [2.75, 3.05) is 13.7 Å². The van der Waals surface area contributed by atoms with Gasteiger partial charge in [-0.2, -0.15) is 0 Å². The first kappa shape index (κ1) is 12.1. The van der Waals surface area contributed by atoms with Crippen LogP contribution < -0.4 is 4.74 Å². The van der Waals surface area contributed by atoms with Crippen molar-refractivity contribution in [3.05, 3.63) is 27.7 Å². The van der Waals surface area contributed by atoms with E-state index in [9.17, 15) is 4.79 Å². The largest absolute Gasteiger partial charge is 0.495 e. The Bertz CT molecular complexity index is 377. The molecule has 0 aliphatic heterocycles. The average Bonchev–Trinajstić information content (AvgIpc) is 2.18. The van der Waals surface area contributed by atoms with Crippen molar-refractivity contribution in [3.63, 3.8) is 0 Å². The lowest BCUT2D eigenvalue weighted by Crippen LogP contribution is -2.05. The highest BCUT2D eigenvalue weighted by atomic mass is 35.5. The van der Waals surface area contributed by atoms with Crippen LogP contribution in [0.5, 0.6) is 5.75 Å². The Kier molecular flexibility index (Phi) is 4.24. The molecule has 0 atom stereocenters. The molecular weight excluding hydrogens is 239 g/mol. The van der Waals surface area contributed by atoms with Crippen molar-refractivity contribution in [1.82, 2.24) is 0 Å². The molecule has 5 heteroatoms. The quantitative estimate of drug-likeness (QED) is 0.771. The lowest BCUT2D eigenvalue weighted by molar-refractivity contribution is 0.0526. The van der Waals surface area contributed by atoms with Gasteiger partial charge in [-0.25, -0.2) is 4.79 Å². The highest BCUT2D eigenvalue weighted by molar-refractivity contribution is 6.37. The van der Waals surface area contributed by atoms with E-state index in [2.05, 4.69) is 0 Å². The van der Waals surface area contributed by atoms with Crippen LogP contribution in [0.1, 0.15) is 17.3 Å². The van der Waals surface area contributed by atoms with E-state index in [0.717, 1.165) is 0 Å². The normalized spacial score (nSPS) is 9.87. The number of carbonyl (C=O) groups excluding carboxylic acids is 1. The molecule has 0 N–H and O–H groups in total. The number of hydrogen-bond donors (Lipinski definition) is 0. The molecule has 0 radical (unpaired) electrons. The maximum absolute atomic E-state index is 11.4. The first-order chi connectivity index (χ1) is 7.10. The van der Waals surface area contributed by atoms with Gasteiger partial charge in [-0.05, 0) is 19.1 Å². The monoisotopic (exact) mass is 248 g/mol. The molecule has 0 saturated carbocycles. The zero-order chi connectivity index (χ0) is 11.4. The number of halogens is 2. The summed E-state index contributed by atoms with van der Waals surface area (Å²) in [6, 6.07) is 2.91. The lowest BCUT2D eigenvalue weighted by atomic mass is 10.2. The molecule has 0 aliphatic rings. The second-order valence-corrected chi connectivity index (χ2v) is 3.50. The highest BCUT2D eigenvalue weighted by Crippen LogP contribution is 2.31. The topological polar surface area (TPSA) is 35.5 Å². The number of methoxy groups -OCH3 is 1. The summed E-state index contributed by atoms with van der Waals surface area (Å²) in [5, 5.41) is 0.606. The predicted molar refractivity (Wildman–Crippen MR) is 59.0 cm³/mol. The highest BCUT2D eigenvalue weighted by Gasteiger charge is 2.15. The second-order valence-electron chi connectivity index (χ2n) is 2.69. The molecule has 0 saturated heterocycles. The second kappa shape index (κ2) is 5.24. The molecule has 82 valence electrons. The van der Waals surface area contributed by atoms with Crippen LogP contribution in [-0.2, 0) is 4.74 Å². The molecule has 15 heavy (non-hydrogen) atoms. The van der Waals surface area contributed by atoms with E-state index < -0.39 is 5.97 Å². The van der Waals surface area contributed by atoms with E-state index in [4.69, 9.17) is 32.7 Å². The Morgan fingerprint density at radius 1 is 1.33 bits per heavy atom. The molecule has 0 amide bonds. The minimum atomic E-state index is -0.488. The van der Waals surface area contributed by atoms with Gasteiger partial charge in [0.05, 0.1) is 29.3 Å². The lowest BCUT2D eigenvalue weighted by Gasteiger charge is -2.08. The fourth-order valence-electron chi connectivity index (χ4n) is 1.05. The summed E-state index contributed by atoms with van der Waals surface area (Å²) in [7, 11) is 1.46. The van der Waals surface area contributed by atoms with Gasteiger partial charge in [0.1, 0.15) is 5.75 Å². The molecule has 1 aromatic carbocycles. The Hall–Kier alpha value is -0.930. The van der Waals surface area contributed by atoms with Crippen molar-refractivity contribution in [1.29, 1.82) is 0 Å². The smallest absolute Gasteiger partial charge is 0.339 e. The summed E-state index contributed by atoms with van der Waals surface area (Å²) in [6.45, 7) is 2.01. The SMILES string of the molecule is CCOC(=O)c1cc(OC)c(Cl)cc1Cl. The van der Waals surface area contributed by atoms with Gasteiger partial charge in [-0.1, -0.05) is 23.2 Å². The van der Waals surface area contributed by atoms with Gasteiger partial charge in [0.2, 0.25) is 0 Å². The number of benzene rings is 1. The van der Waals surface area contributed by atoms with Gasteiger partial charge in [-0.3, -0.25) is 0 Å². The van der Waals surface area contributed by atoms with Crippen LogP contribution in [-0.4, -0.2) is 19.7 Å². The van der Waals surface area contributed by atoms with E-state index in [1.807, 2.05) is 0 Å². The third-order valence-corrected chi connectivity index (χ3v) is 2.34. The fraction of sp³-hybridized carbons (Fsp3) is 0.300. The van der Waals surface area contributed by atoms with Crippen LogP contribution in [0.2, 0.25) is 10.0 Å². The molecule has 1 aromatic rings. The zero-order valence-electron chi connectivity index (χ0n) is 8.34. The first-order valence-corrected chi connectivity index (χ1v) is 5.05. The number of rotatable bonds is 3. The summed E-state index contributed by atoms with van der Waals surface area (Å²) in [5.74, 6) is -0.0958. The van der Waals surface area contributed by atoms with Crippen LogP contribution in [0.25, 0.3) is 0 Å². The molecule has 1 rings (SSSR count). The van der Waals surface area contributed by atoms with Gasteiger partial charge in [0.25, 0.3) is 0 Å². The van der Waals surface area contributed by atoms with Gasteiger partial charge in [-0.15, -0.1) is 0 Å². The van der Waals surface area contributed by atoms with Crippen molar-refractivity contribution in [2.45, 2.75) is 6.92 Å². The molecule has 0 bridgehead atoms. The minimum absolute atomic E-state index is 0.249. The van der Waals surface area contributed by atoms with Crippen molar-refractivity contribution < 1.29 is 14.3 Å². The summed E-state index contributed by atoms with van der Waals surface area (Å²) in [4.78, 5) is 11.4. The Morgan fingerprint density at radius 2 is 2.00 bits per heavy atom. The van der Waals surface area contributed by atoms with Crippen LogP contribution >= 0.6 is 23.2 Å². The van der Waals surface area contributed by atoms with E-state index >= 15 is 0 Å². The third-order valence-electron chi connectivity index (χ3n) is 1.74. The first-order valence-electron chi connectivity index (χ1n) is 4.30. The van der Waals surface area contributed by atoms with Crippen molar-refractivity contribution in [2.24, 2.45) is 0 Å². The van der Waals surface area contributed by atoms with E-state index in [-0.39, 0.29) is 10.6 Å². The molecule has 0 aromatic heterocycles. The fourth-order valence-corrected chi connectivity index (χ4v) is 1.59. The molecule has 0 fully saturated rings. The van der Waals surface area contributed by atoms with Crippen LogP contribution in [0.15, 0.2) is 12.1 Å². The Morgan fingerprint density at radius 3 is 2.53 bits per heavy atom. The standard InChI is InChI=1S/C10H10Cl2O3/c1-3-15-10(13)6-4-9(14-2)8(12)5-7(6)11/h4-5H,3H2,1-2H3. The van der Waals surface area contributed by atoms with E-state index in [0.29, 0.717) is 17.4 Å². The summed E-state index contributed by atoms with van der Waals surface area (Å²) >= 11 is 11.7. The molecule has 0 unspecified atom stereocenters. The predicted octanol–water partition coefficient (Wildman–Crippen LogP) is 3.18. The summed E-state index contributed by atoms with van der Waals surface area (Å²) in [6.07, 6.45) is 0. The molecule has 0 aliphatic carbocycles. The number of hydrogen-bond acceptors (Lipinski definition) is 3. The van der Waals surface area contributed by atoms with Gasteiger partial charge >= 0.3 is 5.97 Å². The summed E-state index contributed by atoms with van der Waals surface area (Å²) in [5.41, 5.74) is 0.250. The third kappa shape index (κ3) is 2.76. The van der Waals surface area contributed by atoms with Crippen LogP contribution in [0.4, 0.5) is 0 Å². The number of ether oxygens (including phenoxy) is 2. The van der Waals surface area contributed by atoms with Gasteiger partial charge in [0, 0.05) is 0 Å². The maximum Gasteiger partial charge on any atom is 0.339 e. The molecule has 0 spiro atoms. The Balaban J connectivity index is 3.12. The van der Waals surface area contributed by atoms with Crippen molar-refractivity contribution in [3.8, 4) is 5.75 Å². The molecule has 0 heterocycles. The molecular formula is C10H10Cl2O3. The van der Waals surface area contributed by atoms with E-state index in [1.54, 1.807) is 6.92 Å². The van der Waals surface area contributed by atoms with Crippen molar-refractivity contribution >= 4 is 29.2 Å². The average molecular weight is 249 g/mol. The van der Waals surface area contributed by atoms with E-state index in [1.165, 1.54) is 19.2 Å². The number of carbonyl (C=O) groups is 1. The Labute approximate surface area is 97.9 Å². The maximum atomic E-state index is 11.4.